The number of thioether (sulfide) groups is 1. The van der Waals surface area contributed by atoms with Gasteiger partial charge in [-0.05, 0) is 24.6 Å². The number of methoxy groups -OCH3 is 1. The van der Waals surface area contributed by atoms with Gasteiger partial charge in [-0.3, -0.25) is 9.69 Å². The molecule has 2 fully saturated rings. The molecule has 1 amide bonds. The van der Waals surface area contributed by atoms with Crippen molar-refractivity contribution in [2.75, 3.05) is 19.6 Å². The average molecular weight is 440 g/mol. The van der Waals surface area contributed by atoms with Gasteiger partial charge in [-0.1, -0.05) is 12.1 Å². The third kappa shape index (κ3) is 3.32. The van der Waals surface area contributed by atoms with Crippen LogP contribution in [0.2, 0.25) is 0 Å². The lowest BCUT2D eigenvalue weighted by atomic mass is 9.81. The fourth-order valence-electron chi connectivity index (χ4n) is 3.57. The number of nitrogens with zero attached hydrogens (tertiary/aromatic N) is 1. The molecular formula is C19H18ClNO7S. The van der Waals surface area contributed by atoms with Gasteiger partial charge in [0.15, 0.2) is 5.60 Å². The van der Waals surface area contributed by atoms with Crippen molar-refractivity contribution >= 4 is 41.4 Å². The summed E-state index contributed by atoms with van der Waals surface area (Å²) in [4.78, 5) is 38.9. The fourth-order valence-corrected chi connectivity index (χ4v) is 5.39. The van der Waals surface area contributed by atoms with Gasteiger partial charge in [0, 0.05) is 4.91 Å². The minimum atomic E-state index is -1.07. The van der Waals surface area contributed by atoms with Gasteiger partial charge in [-0.2, -0.15) is 0 Å². The Bertz CT molecular complexity index is 902. The summed E-state index contributed by atoms with van der Waals surface area (Å²) in [6, 6.07) is 7.11. The summed E-state index contributed by atoms with van der Waals surface area (Å²) in [6.07, 6.45) is -0.800. The Labute approximate surface area is 176 Å². The van der Waals surface area contributed by atoms with Gasteiger partial charge in [0.2, 0.25) is 5.91 Å². The smallest absolute Gasteiger partial charge is 0.497 e. The molecule has 0 aliphatic carbocycles. The normalized spacial score (nSPS) is 27.9. The molecule has 0 spiro atoms. The second kappa shape index (κ2) is 7.46. The van der Waals surface area contributed by atoms with Crippen LogP contribution in [0, 0.1) is 5.92 Å². The number of halogens is 1. The molecule has 8 nitrogen and oxygen atoms in total. The molecule has 3 aliphatic heterocycles. The Morgan fingerprint density at radius 1 is 1.34 bits per heavy atom. The second-order valence-corrected chi connectivity index (χ2v) is 8.46. The van der Waals surface area contributed by atoms with E-state index in [2.05, 4.69) is 0 Å². The minimum Gasteiger partial charge on any atom is -0.497 e. The summed E-state index contributed by atoms with van der Waals surface area (Å²) < 4.78 is 20.6. The van der Waals surface area contributed by atoms with Crippen molar-refractivity contribution in [2.45, 2.75) is 24.5 Å². The highest BCUT2D eigenvalue weighted by molar-refractivity contribution is 8.04. The van der Waals surface area contributed by atoms with Crippen LogP contribution in [0.3, 0.4) is 0 Å². The standard InChI is InChI=1S/C19H18ClNO7S/c1-19(9-27-18(24)28-19)13-15(22)21-14(12(7-20)29-16(13)21)17(23)26-8-10-3-5-11(25-2)6-4-10/h3-6,13,16H,7-9H2,1-2H3/t13?,16-,19?/m1/s1. The molecule has 0 aromatic heterocycles. The van der Waals surface area contributed by atoms with Crippen molar-refractivity contribution in [1.82, 2.24) is 4.90 Å². The van der Waals surface area contributed by atoms with Crippen molar-refractivity contribution in [3.05, 3.63) is 40.4 Å². The van der Waals surface area contributed by atoms with E-state index in [0.29, 0.717) is 10.7 Å². The first-order chi connectivity index (χ1) is 13.9. The van der Waals surface area contributed by atoms with E-state index in [4.69, 9.17) is 30.5 Å². The predicted octanol–water partition coefficient (Wildman–Crippen LogP) is 2.65. The summed E-state index contributed by atoms with van der Waals surface area (Å²) in [5.41, 5.74) is -0.134. The molecule has 4 rings (SSSR count). The number of fused-ring (bicyclic) bond motifs is 1. The van der Waals surface area contributed by atoms with Crippen LogP contribution in [-0.2, 0) is 30.4 Å². The van der Waals surface area contributed by atoms with E-state index < -0.39 is 23.6 Å². The molecule has 2 saturated heterocycles. The van der Waals surface area contributed by atoms with Gasteiger partial charge in [0.1, 0.15) is 36.0 Å². The number of rotatable bonds is 6. The van der Waals surface area contributed by atoms with Crippen LogP contribution < -0.4 is 4.74 Å². The molecule has 1 aromatic carbocycles. The first-order valence-corrected chi connectivity index (χ1v) is 10.2. The molecule has 0 radical (unpaired) electrons. The Hall–Kier alpha value is -2.39. The number of ether oxygens (including phenoxy) is 4. The van der Waals surface area contributed by atoms with Gasteiger partial charge in [0.25, 0.3) is 0 Å². The number of esters is 1. The zero-order valence-corrected chi connectivity index (χ0v) is 17.2. The van der Waals surface area contributed by atoms with Crippen molar-refractivity contribution in [1.29, 1.82) is 0 Å². The number of amides is 1. The number of hydrogen-bond donors (Lipinski definition) is 0. The Morgan fingerprint density at radius 3 is 2.66 bits per heavy atom. The lowest BCUT2D eigenvalue weighted by Gasteiger charge is -2.47. The quantitative estimate of drug-likeness (QED) is 0.379. The Morgan fingerprint density at radius 2 is 2.07 bits per heavy atom. The number of allylic oxidation sites excluding steroid dienone is 1. The number of cyclic esters (lactones) is 2. The number of carbonyl (C=O) groups is 3. The third-order valence-electron chi connectivity index (χ3n) is 5.11. The minimum absolute atomic E-state index is 0.0133. The van der Waals surface area contributed by atoms with Crippen LogP contribution in [0.4, 0.5) is 4.79 Å². The van der Waals surface area contributed by atoms with Crippen LogP contribution in [0.5, 0.6) is 5.75 Å². The van der Waals surface area contributed by atoms with Crippen LogP contribution >= 0.6 is 23.4 Å². The number of carbonyl (C=O) groups excluding carboxylic acids is 3. The number of hydrogen-bond acceptors (Lipinski definition) is 8. The molecule has 1 aromatic rings. The van der Waals surface area contributed by atoms with E-state index >= 15 is 0 Å². The Balaban J connectivity index is 1.46. The SMILES string of the molecule is COc1ccc(COC(=O)C2=C(CCl)S[C@@H]3C(C4(C)COC(=O)O4)C(=O)N23)cc1. The monoisotopic (exact) mass is 439 g/mol. The summed E-state index contributed by atoms with van der Waals surface area (Å²) in [6.45, 7) is 1.69. The average Bonchev–Trinajstić information content (AvgIpc) is 3.23. The highest BCUT2D eigenvalue weighted by Gasteiger charge is 2.65. The zero-order valence-electron chi connectivity index (χ0n) is 15.7. The molecule has 0 saturated carbocycles. The molecule has 10 heteroatoms. The summed E-state index contributed by atoms with van der Waals surface area (Å²) in [7, 11) is 1.57. The highest BCUT2D eigenvalue weighted by atomic mass is 35.5. The molecule has 3 aliphatic rings. The van der Waals surface area contributed by atoms with Gasteiger partial charge < -0.3 is 18.9 Å². The van der Waals surface area contributed by atoms with Gasteiger partial charge >= 0.3 is 12.1 Å². The number of benzene rings is 1. The van der Waals surface area contributed by atoms with Crippen molar-refractivity contribution in [3.63, 3.8) is 0 Å². The predicted molar refractivity (Wildman–Crippen MR) is 103 cm³/mol. The Kier molecular flexibility index (Phi) is 5.12. The summed E-state index contributed by atoms with van der Waals surface area (Å²) in [5.74, 6) is -0.797. The lowest BCUT2D eigenvalue weighted by Crippen LogP contribution is -2.65. The van der Waals surface area contributed by atoms with Gasteiger partial charge in [0.05, 0.1) is 13.0 Å². The molecule has 3 heterocycles. The van der Waals surface area contributed by atoms with Crippen LogP contribution in [0.25, 0.3) is 0 Å². The molecule has 29 heavy (non-hydrogen) atoms. The van der Waals surface area contributed by atoms with E-state index in [0.717, 1.165) is 5.56 Å². The van der Waals surface area contributed by atoms with Crippen molar-refractivity contribution < 1.29 is 33.3 Å². The molecule has 3 atom stereocenters. The molecule has 0 N–H and O–H groups in total. The van der Waals surface area contributed by atoms with Gasteiger partial charge in [-0.15, -0.1) is 23.4 Å². The first-order valence-electron chi connectivity index (χ1n) is 8.82. The summed E-state index contributed by atoms with van der Waals surface area (Å²) in [5, 5.41) is -0.390. The number of β-lactam (4-membered cyclic amide) rings is 1. The second-order valence-electron chi connectivity index (χ2n) is 6.98. The van der Waals surface area contributed by atoms with Crippen molar-refractivity contribution in [3.8, 4) is 5.75 Å². The molecule has 154 valence electrons. The van der Waals surface area contributed by atoms with E-state index in [1.54, 1.807) is 38.3 Å². The van der Waals surface area contributed by atoms with E-state index in [9.17, 15) is 14.4 Å². The maximum atomic E-state index is 12.8. The highest BCUT2D eigenvalue weighted by Crippen LogP contribution is 2.54. The number of alkyl halides is 1. The van der Waals surface area contributed by atoms with Gasteiger partial charge in [-0.25, -0.2) is 9.59 Å². The largest absolute Gasteiger partial charge is 0.509 e. The van der Waals surface area contributed by atoms with Crippen LogP contribution in [0.15, 0.2) is 34.9 Å². The van der Waals surface area contributed by atoms with Crippen LogP contribution in [-0.4, -0.2) is 53.5 Å². The zero-order chi connectivity index (χ0) is 20.8. The van der Waals surface area contributed by atoms with E-state index in [-0.39, 0.29) is 36.1 Å². The van der Waals surface area contributed by atoms with Crippen LogP contribution in [0.1, 0.15) is 12.5 Å². The van der Waals surface area contributed by atoms with E-state index in [1.165, 1.54) is 16.7 Å². The fraction of sp³-hybridized carbons (Fsp3) is 0.421. The molecular weight excluding hydrogens is 422 g/mol. The van der Waals surface area contributed by atoms with Crippen molar-refractivity contribution in [2.24, 2.45) is 5.92 Å². The summed E-state index contributed by atoms with van der Waals surface area (Å²) >= 11 is 7.33. The van der Waals surface area contributed by atoms with E-state index in [1.807, 2.05) is 0 Å². The lowest BCUT2D eigenvalue weighted by molar-refractivity contribution is -0.164. The maximum Gasteiger partial charge on any atom is 0.509 e. The molecule has 2 unspecified atom stereocenters. The maximum absolute atomic E-state index is 12.8. The topological polar surface area (TPSA) is 91.4 Å². The molecule has 0 bridgehead atoms. The third-order valence-corrected chi connectivity index (χ3v) is 6.88. The first kappa shape index (κ1) is 19.9.